The number of rotatable bonds is 3. The molecule has 0 aliphatic rings. The fourth-order valence-electron chi connectivity index (χ4n) is 1.80. The summed E-state index contributed by atoms with van der Waals surface area (Å²) in [6, 6.07) is 12.0. The number of hydrogen-bond donors (Lipinski definition) is 1. The highest BCUT2D eigenvalue weighted by Gasteiger charge is 2.03. The third-order valence-electron chi connectivity index (χ3n) is 2.65. The van der Waals surface area contributed by atoms with Crippen molar-refractivity contribution in [3.63, 3.8) is 0 Å². The molecule has 0 aliphatic carbocycles. The van der Waals surface area contributed by atoms with Gasteiger partial charge >= 0.3 is 0 Å². The third kappa shape index (κ3) is 2.93. The summed E-state index contributed by atoms with van der Waals surface area (Å²) in [5, 5.41) is 8.49. The Bertz CT molecular complexity index is 675. The molecule has 1 aromatic carbocycles. The minimum absolute atomic E-state index is 0.618. The van der Waals surface area contributed by atoms with Crippen molar-refractivity contribution in [2.45, 2.75) is 20.8 Å². The van der Waals surface area contributed by atoms with Crippen LogP contribution in [-0.2, 0) is 0 Å². The van der Waals surface area contributed by atoms with E-state index in [4.69, 9.17) is 0 Å². The Morgan fingerprint density at radius 2 is 1.90 bits per heavy atom. The van der Waals surface area contributed by atoms with Gasteiger partial charge in [0.25, 0.3) is 0 Å². The quantitative estimate of drug-likeness (QED) is 0.792. The second-order valence-electron chi connectivity index (χ2n) is 3.91. The highest BCUT2D eigenvalue weighted by atomic mass is 15.4. The highest BCUT2D eigenvalue weighted by molar-refractivity contribution is 5.79. The molecule has 2 aromatic heterocycles. The molecule has 0 radical (unpaired) electrons. The lowest BCUT2D eigenvalue weighted by molar-refractivity contribution is 0.851. The van der Waals surface area contributed by atoms with E-state index >= 15 is 0 Å². The van der Waals surface area contributed by atoms with Crippen LogP contribution in [0.5, 0.6) is 0 Å². The number of fused-ring (bicyclic) bond motifs is 1. The van der Waals surface area contributed by atoms with Crippen molar-refractivity contribution in [3.8, 4) is 5.82 Å². The first-order valence-corrected chi connectivity index (χ1v) is 6.88. The molecule has 0 unspecified atom stereocenters. The van der Waals surface area contributed by atoms with Crippen LogP contribution in [-0.4, -0.2) is 26.3 Å². The van der Waals surface area contributed by atoms with Crippen molar-refractivity contribution < 1.29 is 0 Å². The maximum Gasteiger partial charge on any atom is 0.242 e. The molecule has 0 atom stereocenters. The van der Waals surface area contributed by atoms with Crippen LogP contribution in [0.1, 0.15) is 20.8 Å². The first-order chi connectivity index (χ1) is 9.86. The van der Waals surface area contributed by atoms with Gasteiger partial charge < -0.3 is 5.32 Å². The second kappa shape index (κ2) is 6.65. The number of aromatic nitrogens is 4. The lowest BCUT2D eigenvalue weighted by atomic mass is 10.2. The zero-order valence-electron chi connectivity index (χ0n) is 12.0. The van der Waals surface area contributed by atoms with Crippen molar-refractivity contribution >= 4 is 16.9 Å². The Labute approximate surface area is 118 Å². The third-order valence-corrected chi connectivity index (χ3v) is 2.65. The number of para-hydroxylation sites is 1. The summed E-state index contributed by atoms with van der Waals surface area (Å²) >= 11 is 0. The molecule has 5 nitrogen and oxygen atoms in total. The molecule has 20 heavy (non-hydrogen) atoms. The largest absolute Gasteiger partial charge is 0.353 e. The molecule has 0 aliphatic heterocycles. The van der Waals surface area contributed by atoms with E-state index in [1.807, 2.05) is 57.2 Å². The van der Waals surface area contributed by atoms with Crippen LogP contribution >= 0.6 is 0 Å². The Morgan fingerprint density at radius 3 is 2.70 bits per heavy atom. The maximum absolute atomic E-state index is 4.55. The number of nitrogens with one attached hydrogen (secondary N) is 1. The average molecular weight is 269 g/mol. The summed E-state index contributed by atoms with van der Waals surface area (Å²) in [4.78, 5) is 8.71. The molecule has 5 heteroatoms. The van der Waals surface area contributed by atoms with Gasteiger partial charge in [0.1, 0.15) is 6.33 Å². The fourth-order valence-corrected chi connectivity index (χ4v) is 1.80. The van der Waals surface area contributed by atoms with Crippen molar-refractivity contribution in [3.05, 3.63) is 42.7 Å². The lowest BCUT2D eigenvalue weighted by Gasteiger charge is -2.01. The molecule has 1 N–H and O–H groups in total. The van der Waals surface area contributed by atoms with E-state index in [1.165, 1.54) is 0 Å². The van der Waals surface area contributed by atoms with Crippen LogP contribution in [0, 0.1) is 0 Å². The van der Waals surface area contributed by atoms with Gasteiger partial charge in [-0.3, -0.25) is 0 Å². The van der Waals surface area contributed by atoms with Crippen LogP contribution in [0.2, 0.25) is 0 Å². The van der Waals surface area contributed by atoms with E-state index < -0.39 is 0 Å². The Morgan fingerprint density at radius 1 is 1.10 bits per heavy atom. The van der Waals surface area contributed by atoms with E-state index in [9.17, 15) is 0 Å². The maximum atomic E-state index is 4.55. The highest BCUT2D eigenvalue weighted by Crippen LogP contribution is 2.14. The van der Waals surface area contributed by atoms with Crippen molar-refractivity contribution in [1.82, 2.24) is 19.7 Å². The zero-order valence-corrected chi connectivity index (χ0v) is 12.0. The summed E-state index contributed by atoms with van der Waals surface area (Å²) in [5.41, 5.74) is 0.954. The minimum Gasteiger partial charge on any atom is -0.353 e. The van der Waals surface area contributed by atoms with Gasteiger partial charge in [-0.2, -0.15) is 0 Å². The van der Waals surface area contributed by atoms with Gasteiger partial charge in [-0.05, 0) is 25.1 Å². The summed E-state index contributed by atoms with van der Waals surface area (Å²) in [6.07, 6.45) is 1.66. The minimum atomic E-state index is 0.618. The molecule has 3 rings (SSSR count). The number of anilines is 1. The molecule has 3 aromatic rings. The van der Waals surface area contributed by atoms with E-state index in [2.05, 4.69) is 20.4 Å². The molecule has 0 amide bonds. The van der Waals surface area contributed by atoms with Crippen molar-refractivity contribution in [1.29, 1.82) is 0 Å². The normalized spacial score (nSPS) is 9.95. The first kappa shape index (κ1) is 14.0. The summed E-state index contributed by atoms with van der Waals surface area (Å²) in [5.74, 6) is 1.39. The van der Waals surface area contributed by atoms with Gasteiger partial charge in [0.05, 0.1) is 5.52 Å². The second-order valence-corrected chi connectivity index (χ2v) is 3.91. The van der Waals surface area contributed by atoms with Gasteiger partial charge in [0.15, 0.2) is 5.82 Å². The molecule has 0 fully saturated rings. The standard InChI is InChI=1S/C13H13N5.C2H6/c1-2-14-13-15-9-18(17-13)12-8-7-10-5-3-4-6-11(10)16-12;1-2/h3-9H,2H2,1H3,(H,14,17);1-2H3. The van der Waals surface area contributed by atoms with E-state index in [0.29, 0.717) is 5.95 Å². The topological polar surface area (TPSA) is 55.6 Å². The number of nitrogens with zero attached hydrogens (tertiary/aromatic N) is 4. The Hall–Kier alpha value is -2.43. The molecule has 0 saturated carbocycles. The SMILES string of the molecule is CC.CCNc1ncn(-c2ccc3ccccc3n2)n1. The van der Waals surface area contributed by atoms with E-state index in [-0.39, 0.29) is 0 Å². The van der Waals surface area contributed by atoms with Crippen LogP contribution in [0.15, 0.2) is 42.7 Å². The van der Waals surface area contributed by atoms with Crippen molar-refractivity contribution in [2.24, 2.45) is 0 Å². The average Bonchev–Trinajstić information content (AvgIpc) is 2.98. The molecular formula is C15H19N5. The molecule has 104 valence electrons. The van der Waals surface area contributed by atoms with Gasteiger partial charge in [-0.1, -0.05) is 32.0 Å². The summed E-state index contributed by atoms with van der Waals surface area (Å²) < 4.78 is 1.67. The molecule has 2 heterocycles. The molecule has 0 bridgehead atoms. The predicted octanol–water partition coefficient (Wildman–Crippen LogP) is 3.27. The fraction of sp³-hybridized carbons (Fsp3) is 0.267. The zero-order chi connectivity index (χ0) is 14.4. The monoisotopic (exact) mass is 269 g/mol. The van der Waals surface area contributed by atoms with Crippen LogP contribution in [0.4, 0.5) is 5.95 Å². The Kier molecular flexibility index (Phi) is 4.65. The molecule has 0 spiro atoms. The van der Waals surface area contributed by atoms with Gasteiger partial charge in [-0.15, -0.1) is 5.10 Å². The molecular weight excluding hydrogens is 250 g/mol. The first-order valence-electron chi connectivity index (χ1n) is 6.88. The summed E-state index contributed by atoms with van der Waals surface area (Å²) in [6.45, 7) is 6.81. The number of pyridine rings is 1. The van der Waals surface area contributed by atoms with Crippen LogP contribution < -0.4 is 5.32 Å². The molecule has 0 saturated heterocycles. The van der Waals surface area contributed by atoms with Crippen LogP contribution in [0.3, 0.4) is 0 Å². The van der Waals surface area contributed by atoms with Gasteiger partial charge in [-0.25, -0.2) is 14.6 Å². The van der Waals surface area contributed by atoms with Crippen LogP contribution in [0.25, 0.3) is 16.7 Å². The summed E-state index contributed by atoms with van der Waals surface area (Å²) in [7, 11) is 0. The van der Waals surface area contributed by atoms with E-state index in [0.717, 1.165) is 23.3 Å². The number of benzene rings is 1. The smallest absolute Gasteiger partial charge is 0.242 e. The lowest BCUT2D eigenvalue weighted by Crippen LogP contribution is -2.01. The number of hydrogen-bond acceptors (Lipinski definition) is 4. The van der Waals surface area contributed by atoms with Gasteiger partial charge in [0, 0.05) is 11.9 Å². The van der Waals surface area contributed by atoms with Gasteiger partial charge in [0.2, 0.25) is 5.95 Å². The Balaban J connectivity index is 0.000000704. The predicted molar refractivity (Wildman–Crippen MR) is 82.2 cm³/mol. The van der Waals surface area contributed by atoms with E-state index in [1.54, 1.807) is 11.0 Å². The van der Waals surface area contributed by atoms with Crippen molar-refractivity contribution in [2.75, 3.05) is 11.9 Å².